The average Bonchev–Trinajstić information content (AvgIpc) is 2.03. The first-order chi connectivity index (χ1) is 5.68. The van der Waals surface area contributed by atoms with Gasteiger partial charge in [0.25, 0.3) is 0 Å². The zero-order valence-corrected chi connectivity index (χ0v) is 7.92. The largest absolute Gasteiger partial charge is 0.328 e. The molecule has 2 N–H and O–H groups in total. The molecule has 0 heterocycles. The Bertz CT molecular complexity index is 173. The Morgan fingerprint density at radius 2 is 1.92 bits per heavy atom. The van der Waals surface area contributed by atoms with E-state index < -0.39 is 0 Å². The summed E-state index contributed by atoms with van der Waals surface area (Å²) < 4.78 is 0. The molecule has 12 heavy (non-hydrogen) atoms. The molecule has 68 valence electrons. The van der Waals surface area contributed by atoms with Crippen LogP contribution in [0.15, 0.2) is 24.3 Å². The number of nitrogens with two attached hydrogens (primary N) is 1. The molecule has 1 nitrogen and oxygen atoms in total. The summed E-state index contributed by atoms with van der Waals surface area (Å²) in [6, 6.07) is 0.458. The van der Waals surface area contributed by atoms with E-state index in [1.807, 2.05) is 6.92 Å². The van der Waals surface area contributed by atoms with E-state index in [0.717, 1.165) is 11.5 Å². The lowest BCUT2D eigenvalue weighted by Crippen LogP contribution is -2.25. The van der Waals surface area contributed by atoms with Gasteiger partial charge in [0.2, 0.25) is 0 Å². The van der Waals surface area contributed by atoms with Gasteiger partial charge in [0.1, 0.15) is 0 Å². The number of hydrogen-bond acceptors (Lipinski definition) is 1. The Kier molecular flexibility index (Phi) is 3.54. The third-order valence-electron chi connectivity index (χ3n) is 2.47. The lowest BCUT2D eigenvalue weighted by atomic mass is 9.86. The normalized spacial score (nSPS) is 30.8. The molecule has 0 aromatic heterocycles. The molecule has 1 heteroatoms. The molecule has 1 rings (SSSR count). The minimum Gasteiger partial charge on any atom is -0.328 e. The van der Waals surface area contributed by atoms with E-state index in [0.29, 0.717) is 6.04 Å². The fourth-order valence-electron chi connectivity index (χ4n) is 1.64. The third kappa shape index (κ3) is 3.22. The summed E-state index contributed by atoms with van der Waals surface area (Å²) in [6.45, 7) is 5.88. The zero-order valence-electron chi connectivity index (χ0n) is 7.92. The van der Waals surface area contributed by atoms with Crippen molar-refractivity contribution in [1.82, 2.24) is 0 Å². The predicted octanol–water partition coefficient (Wildman–Crippen LogP) is 2.64. The first kappa shape index (κ1) is 9.53. The molecule has 1 saturated carbocycles. The Hall–Kier alpha value is -0.560. The molecular formula is C11H19N. The zero-order chi connectivity index (χ0) is 8.97. The fraction of sp³-hybridized carbons (Fsp3) is 0.636. The van der Waals surface area contributed by atoms with Crippen LogP contribution in [0, 0.1) is 5.92 Å². The highest BCUT2D eigenvalue weighted by Crippen LogP contribution is 2.24. The van der Waals surface area contributed by atoms with Gasteiger partial charge in [-0.3, -0.25) is 0 Å². The van der Waals surface area contributed by atoms with Crippen LogP contribution in [0.2, 0.25) is 0 Å². The summed E-state index contributed by atoms with van der Waals surface area (Å²) in [5, 5.41) is 0. The van der Waals surface area contributed by atoms with Crippen LogP contribution < -0.4 is 5.73 Å². The highest BCUT2D eigenvalue weighted by Gasteiger charge is 2.15. The SMILES string of the molecule is C=C(C)C=CC1CCC(N)CC1. The van der Waals surface area contributed by atoms with Gasteiger partial charge in [-0.25, -0.2) is 0 Å². The smallest absolute Gasteiger partial charge is 0.00392 e. The third-order valence-corrected chi connectivity index (χ3v) is 2.47. The first-order valence-electron chi connectivity index (χ1n) is 4.78. The van der Waals surface area contributed by atoms with Crippen molar-refractivity contribution < 1.29 is 0 Å². The molecule has 0 aromatic rings. The van der Waals surface area contributed by atoms with Gasteiger partial charge < -0.3 is 5.73 Å². The van der Waals surface area contributed by atoms with Gasteiger partial charge in [-0.05, 0) is 38.5 Å². The van der Waals surface area contributed by atoms with E-state index in [1.54, 1.807) is 0 Å². The summed E-state index contributed by atoms with van der Waals surface area (Å²) in [5.41, 5.74) is 6.95. The Morgan fingerprint density at radius 1 is 1.33 bits per heavy atom. The van der Waals surface area contributed by atoms with Gasteiger partial charge in [-0.15, -0.1) is 0 Å². The molecule has 0 spiro atoms. The van der Waals surface area contributed by atoms with E-state index in [4.69, 9.17) is 5.73 Å². The van der Waals surface area contributed by atoms with Crippen molar-refractivity contribution in [2.75, 3.05) is 0 Å². The quantitative estimate of drug-likeness (QED) is 0.625. The molecule has 0 radical (unpaired) electrons. The predicted molar refractivity (Wildman–Crippen MR) is 53.9 cm³/mol. The summed E-state index contributed by atoms with van der Waals surface area (Å²) in [5.74, 6) is 0.751. The van der Waals surface area contributed by atoms with E-state index in [1.165, 1.54) is 25.7 Å². The van der Waals surface area contributed by atoms with E-state index in [9.17, 15) is 0 Å². The Labute approximate surface area is 75.3 Å². The second-order valence-corrected chi connectivity index (χ2v) is 3.88. The van der Waals surface area contributed by atoms with Gasteiger partial charge in [0, 0.05) is 6.04 Å². The molecule has 0 atom stereocenters. The maximum Gasteiger partial charge on any atom is 0.00392 e. The van der Waals surface area contributed by atoms with Gasteiger partial charge in [-0.2, -0.15) is 0 Å². The van der Waals surface area contributed by atoms with Crippen molar-refractivity contribution in [2.24, 2.45) is 11.7 Å². The van der Waals surface area contributed by atoms with Crippen LogP contribution in [-0.2, 0) is 0 Å². The van der Waals surface area contributed by atoms with E-state index in [-0.39, 0.29) is 0 Å². The van der Waals surface area contributed by atoms with Crippen molar-refractivity contribution in [3.8, 4) is 0 Å². The maximum atomic E-state index is 5.81. The fourth-order valence-corrected chi connectivity index (χ4v) is 1.64. The van der Waals surface area contributed by atoms with Crippen molar-refractivity contribution in [3.63, 3.8) is 0 Å². The average molecular weight is 165 g/mol. The van der Waals surface area contributed by atoms with Gasteiger partial charge in [0.15, 0.2) is 0 Å². The molecule has 0 aromatic carbocycles. The molecule has 0 amide bonds. The van der Waals surface area contributed by atoms with Crippen molar-refractivity contribution in [3.05, 3.63) is 24.3 Å². The standard InChI is InChI=1S/C11H19N/c1-9(2)3-4-10-5-7-11(12)8-6-10/h3-4,10-11H,1,5-8,12H2,2H3. The van der Waals surface area contributed by atoms with E-state index in [2.05, 4.69) is 18.7 Å². The highest BCUT2D eigenvalue weighted by molar-refractivity contribution is 5.12. The van der Waals surface area contributed by atoms with Crippen LogP contribution in [0.3, 0.4) is 0 Å². The topological polar surface area (TPSA) is 26.0 Å². The molecular weight excluding hydrogens is 146 g/mol. The van der Waals surface area contributed by atoms with Crippen LogP contribution >= 0.6 is 0 Å². The summed E-state index contributed by atoms with van der Waals surface area (Å²) in [6.07, 6.45) is 9.29. The molecule has 1 aliphatic carbocycles. The van der Waals surface area contributed by atoms with Crippen LogP contribution in [-0.4, -0.2) is 6.04 Å². The van der Waals surface area contributed by atoms with Crippen LogP contribution in [0.25, 0.3) is 0 Å². The van der Waals surface area contributed by atoms with Crippen LogP contribution in [0.5, 0.6) is 0 Å². The lowest BCUT2D eigenvalue weighted by Gasteiger charge is -2.23. The summed E-state index contributed by atoms with van der Waals surface area (Å²) in [4.78, 5) is 0. The lowest BCUT2D eigenvalue weighted by molar-refractivity contribution is 0.375. The molecule has 0 unspecified atom stereocenters. The molecule has 0 saturated heterocycles. The van der Waals surface area contributed by atoms with Crippen molar-refractivity contribution in [1.29, 1.82) is 0 Å². The molecule has 0 aliphatic heterocycles. The van der Waals surface area contributed by atoms with Crippen LogP contribution in [0.4, 0.5) is 0 Å². The first-order valence-corrected chi connectivity index (χ1v) is 4.78. The Balaban J connectivity index is 2.30. The maximum absolute atomic E-state index is 5.81. The van der Waals surface area contributed by atoms with Gasteiger partial charge in [-0.1, -0.05) is 24.3 Å². The second-order valence-electron chi connectivity index (χ2n) is 3.88. The molecule has 0 bridgehead atoms. The minimum absolute atomic E-state index is 0.458. The second kappa shape index (κ2) is 4.46. The monoisotopic (exact) mass is 165 g/mol. The van der Waals surface area contributed by atoms with E-state index >= 15 is 0 Å². The highest BCUT2D eigenvalue weighted by atomic mass is 14.6. The van der Waals surface area contributed by atoms with Crippen molar-refractivity contribution >= 4 is 0 Å². The number of rotatable bonds is 2. The van der Waals surface area contributed by atoms with Gasteiger partial charge >= 0.3 is 0 Å². The summed E-state index contributed by atoms with van der Waals surface area (Å²) in [7, 11) is 0. The Morgan fingerprint density at radius 3 is 2.42 bits per heavy atom. The molecule has 1 fully saturated rings. The minimum atomic E-state index is 0.458. The molecule has 1 aliphatic rings. The number of allylic oxidation sites excluding steroid dienone is 3. The van der Waals surface area contributed by atoms with Gasteiger partial charge in [0.05, 0.1) is 0 Å². The van der Waals surface area contributed by atoms with Crippen molar-refractivity contribution in [2.45, 2.75) is 38.6 Å². The van der Waals surface area contributed by atoms with Crippen LogP contribution in [0.1, 0.15) is 32.6 Å². The summed E-state index contributed by atoms with van der Waals surface area (Å²) >= 11 is 0. The number of hydrogen-bond donors (Lipinski definition) is 1.